The Hall–Kier alpha value is -1.24. The summed E-state index contributed by atoms with van der Waals surface area (Å²) in [5, 5.41) is 3.30. The van der Waals surface area contributed by atoms with Crippen molar-refractivity contribution < 1.29 is 11.0 Å². The number of rotatable bonds is 2. The van der Waals surface area contributed by atoms with Crippen LogP contribution in [0, 0.1) is 13.8 Å². The predicted molar refractivity (Wildman–Crippen MR) is 103 cm³/mol. The van der Waals surface area contributed by atoms with Crippen LogP contribution in [0.25, 0.3) is 0 Å². The highest BCUT2D eigenvalue weighted by atomic mass is 35.5. The van der Waals surface area contributed by atoms with Gasteiger partial charge in [0.05, 0.1) is 0 Å². The number of anilines is 2. The zero-order chi connectivity index (χ0) is 12.3. The van der Waals surface area contributed by atoms with E-state index in [2.05, 4.69) is 16.4 Å². The fourth-order valence-corrected chi connectivity index (χ4v) is 1.72. The third-order valence-electron chi connectivity index (χ3n) is 2.95. The summed E-state index contributed by atoms with van der Waals surface area (Å²) in [6, 6.07) is 4.08. The lowest BCUT2D eigenvalue weighted by molar-refractivity contribution is 0.823. The van der Waals surface area contributed by atoms with Crippen molar-refractivity contribution in [2.24, 2.45) is 4.99 Å². The van der Waals surface area contributed by atoms with Crippen LogP contribution in [0.3, 0.4) is 0 Å². The van der Waals surface area contributed by atoms with Crippen molar-refractivity contribution in [1.29, 1.82) is 0 Å². The van der Waals surface area contributed by atoms with Crippen molar-refractivity contribution in [3.8, 4) is 0 Å². The Morgan fingerprint density at radius 1 is 1.14 bits per heavy atom. The topological polar surface area (TPSA) is 113 Å². The first kappa shape index (κ1) is 28.9. The molecule has 0 aliphatic carbocycles. The first-order valence-electron chi connectivity index (χ1n) is 5.68. The molecule has 5 nitrogen and oxygen atoms in total. The maximum absolute atomic E-state index is 6.00. The third-order valence-corrected chi connectivity index (χ3v) is 2.95. The van der Waals surface area contributed by atoms with E-state index in [1.165, 1.54) is 5.57 Å². The second kappa shape index (κ2) is 13.4. The van der Waals surface area contributed by atoms with Gasteiger partial charge in [0, 0.05) is 36.4 Å². The molecule has 1 aromatic rings. The summed E-state index contributed by atoms with van der Waals surface area (Å²) >= 11 is 0. The fourth-order valence-electron chi connectivity index (χ4n) is 1.72. The lowest BCUT2D eigenvalue weighted by atomic mass is 10.1. The smallest absolute Gasteiger partial charge is 0.0430 e. The molecule has 1 aromatic carbocycles. The Bertz CT molecular complexity index is 532. The van der Waals surface area contributed by atoms with Gasteiger partial charge < -0.3 is 22.0 Å². The summed E-state index contributed by atoms with van der Waals surface area (Å²) in [6.45, 7) is 4.05. The van der Waals surface area contributed by atoms with Gasteiger partial charge in [-0.1, -0.05) is 6.07 Å². The first-order valence-corrected chi connectivity index (χ1v) is 5.68. The van der Waals surface area contributed by atoms with Crippen molar-refractivity contribution in [3.63, 3.8) is 0 Å². The van der Waals surface area contributed by atoms with E-state index in [1.54, 1.807) is 6.20 Å². The monoisotopic (exact) mass is 371 g/mol. The van der Waals surface area contributed by atoms with Gasteiger partial charge >= 0.3 is 0 Å². The van der Waals surface area contributed by atoms with Crippen molar-refractivity contribution in [1.82, 2.24) is 0 Å². The van der Waals surface area contributed by atoms with E-state index >= 15 is 0 Å². The molecule has 0 atom stereocenters. The van der Waals surface area contributed by atoms with Crippen LogP contribution in [0.15, 0.2) is 41.2 Å². The Kier molecular flexibility index (Phi) is 17.6. The summed E-state index contributed by atoms with van der Waals surface area (Å²) in [5.41, 5.74) is 11.3. The maximum atomic E-state index is 6.00. The maximum Gasteiger partial charge on any atom is 0.0430 e. The molecule has 0 unspecified atom stereocenters. The average molecular weight is 373 g/mol. The molecule has 7 N–H and O–H groups in total. The van der Waals surface area contributed by atoms with E-state index in [9.17, 15) is 0 Å². The summed E-state index contributed by atoms with van der Waals surface area (Å²) in [5.74, 6) is 0. The van der Waals surface area contributed by atoms with Gasteiger partial charge in [0.15, 0.2) is 0 Å². The van der Waals surface area contributed by atoms with E-state index < -0.39 is 0 Å². The summed E-state index contributed by atoms with van der Waals surface area (Å²) in [4.78, 5) is 4.03. The predicted octanol–water partition coefficient (Wildman–Crippen LogP) is 2.79. The highest BCUT2D eigenvalue weighted by Crippen LogP contribution is 2.24. The van der Waals surface area contributed by atoms with E-state index in [1.807, 2.05) is 38.4 Å². The van der Waals surface area contributed by atoms with Gasteiger partial charge in [-0.3, -0.25) is 4.99 Å². The van der Waals surface area contributed by atoms with Gasteiger partial charge in [-0.2, -0.15) is 0 Å². The molecule has 0 amide bonds. The highest BCUT2D eigenvalue weighted by Gasteiger charge is 2.03. The van der Waals surface area contributed by atoms with Gasteiger partial charge in [-0.05, 0) is 42.7 Å². The van der Waals surface area contributed by atoms with Gasteiger partial charge in [0.1, 0.15) is 0 Å². The van der Waals surface area contributed by atoms with Crippen molar-refractivity contribution >= 4 is 54.8 Å². The first-order chi connectivity index (χ1) is 8.18. The Morgan fingerprint density at radius 2 is 1.77 bits per heavy atom. The minimum atomic E-state index is 0. The normalized spacial score (nSPS) is 12.7. The fraction of sp³-hybridized carbons (Fsp3) is 0.214. The molecule has 8 heteroatoms. The zero-order valence-corrected chi connectivity index (χ0v) is 14.9. The SMILES string of the molecule is Cc1ccc(NC=C2C=CN=CC2)c(C)c1N.Cl.Cl.Cl.O.O. The van der Waals surface area contributed by atoms with E-state index in [4.69, 9.17) is 5.73 Å². The molecule has 0 radical (unpaired) electrons. The van der Waals surface area contributed by atoms with Gasteiger partial charge in [0.25, 0.3) is 0 Å². The second-order valence-electron chi connectivity index (χ2n) is 4.18. The summed E-state index contributed by atoms with van der Waals surface area (Å²) in [6.07, 6.45) is 8.56. The molecule has 0 aromatic heterocycles. The lowest BCUT2D eigenvalue weighted by Crippen LogP contribution is -1.99. The largest absolute Gasteiger partial charge is 0.412 e. The number of aryl methyl sites for hydroxylation is 1. The molecular formula is C14H24Cl3N3O2. The van der Waals surface area contributed by atoms with Crippen LogP contribution >= 0.6 is 37.2 Å². The number of benzene rings is 1. The van der Waals surface area contributed by atoms with Crippen LogP contribution in [0.2, 0.25) is 0 Å². The number of allylic oxidation sites excluding steroid dienone is 2. The number of halogens is 3. The number of nitrogens with one attached hydrogen (secondary N) is 1. The number of nitrogens with two attached hydrogens (primary N) is 1. The molecule has 0 spiro atoms. The molecule has 0 saturated heterocycles. The molecule has 1 aliphatic rings. The molecule has 0 bridgehead atoms. The third kappa shape index (κ3) is 7.15. The molecule has 1 heterocycles. The minimum Gasteiger partial charge on any atom is -0.412 e. The molecule has 1 aliphatic heterocycles. The van der Waals surface area contributed by atoms with Crippen molar-refractivity contribution in [2.45, 2.75) is 20.3 Å². The van der Waals surface area contributed by atoms with Crippen molar-refractivity contribution in [2.75, 3.05) is 11.1 Å². The summed E-state index contributed by atoms with van der Waals surface area (Å²) in [7, 11) is 0. The number of hydrogen-bond donors (Lipinski definition) is 2. The summed E-state index contributed by atoms with van der Waals surface area (Å²) < 4.78 is 0. The van der Waals surface area contributed by atoms with E-state index in [-0.39, 0.29) is 48.2 Å². The van der Waals surface area contributed by atoms with Crippen LogP contribution in [-0.2, 0) is 0 Å². The quantitative estimate of drug-likeness (QED) is 0.777. The average Bonchev–Trinajstić information content (AvgIpc) is 2.36. The molecule has 22 heavy (non-hydrogen) atoms. The zero-order valence-electron chi connectivity index (χ0n) is 12.4. The molecule has 2 rings (SSSR count). The number of nitrogens with zero attached hydrogens (tertiary/aromatic N) is 1. The van der Waals surface area contributed by atoms with Crippen LogP contribution in [0.5, 0.6) is 0 Å². The van der Waals surface area contributed by atoms with Gasteiger partial charge in [0.2, 0.25) is 0 Å². The van der Waals surface area contributed by atoms with Crippen LogP contribution in [0.1, 0.15) is 17.5 Å². The van der Waals surface area contributed by atoms with Crippen LogP contribution in [0.4, 0.5) is 11.4 Å². The lowest BCUT2D eigenvalue weighted by Gasteiger charge is -2.11. The number of nitrogen functional groups attached to an aromatic ring is 1. The molecule has 0 saturated carbocycles. The minimum absolute atomic E-state index is 0. The van der Waals surface area contributed by atoms with Crippen molar-refractivity contribution in [3.05, 3.63) is 47.3 Å². The van der Waals surface area contributed by atoms with Gasteiger partial charge in [-0.25, -0.2) is 0 Å². The molecular weight excluding hydrogens is 349 g/mol. The van der Waals surface area contributed by atoms with Gasteiger partial charge in [-0.15, -0.1) is 37.2 Å². The molecule has 0 fully saturated rings. The van der Waals surface area contributed by atoms with Crippen LogP contribution in [-0.4, -0.2) is 17.2 Å². The second-order valence-corrected chi connectivity index (χ2v) is 4.18. The van der Waals surface area contributed by atoms with Crippen LogP contribution < -0.4 is 11.1 Å². The highest BCUT2D eigenvalue weighted by molar-refractivity contribution is 5.86. The molecule has 128 valence electrons. The van der Waals surface area contributed by atoms with E-state index in [0.717, 1.165) is 28.9 Å². The standard InChI is InChI=1S/C14H17N3.3ClH.2H2O/c1-10-3-4-13(11(2)14(10)15)17-9-12-5-7-16-8-6-12;;;;;/h3-5,7-9,17H,6,15H2,1-2H3;3*1H;2*1H2. The van der Waals surface area contributed by atoms with E-state index in [0.29, 0.717) is 0 Å². The Morgan fingerprint density at radius 3 is 2.32 bits per heavy atom. The Labute approximate surface area is 149 Å². The Balaban J connectivity index is -0.000000324. The number of aliphatic imine (C=N–C) groups is 1. The number of hydrogen-bond acceptors (Lipinski definition) is 3.